The van der Waals surface area contributed by atoms with Crippen molar-refractivity contribution in [2.75, 3.05) is 49.1 Å². The summed E-state index contributed by atoms with van der Waals surface area (Å²) in [7, 11) is 0. The first kappa shape index (κ1) is 36.1. The van der Waals surface area contributed by atoms with Crippen molar-refractivity contribution < 1.29 is 33.8 Å². The number of rotatable bonds is 19. The number of unbranched alkanes of at least 4 members (excludes halogenated alkanes) is 2. The van der Waals surface area contributed by atoms with Crippen LogP contribution in [-0.2, 0) is 28.7 Å². The van der Waals surface area contributed by atoms with E-state index in [1.807, 2.05) is 24.3 Å². The normalized spacial score (nSPS) is 24.9. The van der Waals surface area contributed by atoms with E-state index < -0.39 is 41.7 Å². The average molecular weight is 653 g/mol. The Balaban J connectivity index is 1.60. The molecule has 2 N–H and O–H groups in total. The minimum atomic E-state index is -1.16. The Morgan fingerprint density at radius 2 is 1.83 bits per heavy atom. The van der Waals surface area contributed by atoms with Crippen molar-refractivity contribution in [3.63, 3.8) is 0 Å². The van der Waals surface area contributed by atoms with Gasteiger partial charge in [-0.05, 0) is 83.6 Å². The van der Waals surface area contributed by atoms with Gasteiger partial charge < -0.3 is 34.6 Å². The second kappa shape index (κ2) is 16.4. The second-order valence-corrected chi connectivity index (χ2v) is 12.7. The Morgan fingerprint density at radius 3 is 2.47 bits per heavy atom. The summed E-state index contributed by atoms with van der Waals surface area (Å²) in [5, 5.41) is 12.1. The standard InChI is InChI=1S/C36H52N4O7/c1-6-10-14-29(42)37-24-25(5)46-35(45)30-28-19-20-36(47-28)31(30)33(43)40(22-12-11-13-23-41)32(36)34(44)39(21-7-2)27-17-15-26(16-18-27)38(8-3)9-4/h6-7,15-18,25,28,30-32,41H,1-2,8-14,19-24H2,3-5H3,(H,37,42)/t25-,28+,30-,31-,32+,36-/m0/s1. The molecule has 11 heteroatoms. The summed E-state index contributed by atoms with van der Waals surface area (Å²) in [5.41, 5.74) is 0.572. The average Bonchev–Trinajstić information content (AvgIpc) is 3.71. The number of ether oxygens (including phenoxy) is 2. The highest BCUT2D eigenvalue weighted by Gasteiger charge is 2.75. The monoisotopic (exact) mass is 652 g/mol. The van der Waals surface area contributed by atoms with Gasteiger partial charge in [-0.15, -0.1) is 13.2 Å². The molecule has 47 heavy (non-hydrogen) atoms. The van der Waals surface area contributed by atoms with E-state index in [9.17, 15) is 24.3 Å². The predicted octanol–water partition coefficient (Wildman–Crippen LogP) is 3.60. The molecule has 1 aromatic rings. The van der Waals surface area contributed by atoms with Gasteiger partial charge in [0.25, 0.3) is 5.91 Å². The Kier molecular flexibility index (Phi) is 12.6. The third kappa shape index (κ3) is 7.56. The van der Waals surface area contributed by atoms with Crippen LogP contribution in [0.25, 0.3) is 0 Å². The van der Waals surface area contributed by atoms with Crippen molar-refractivity contribution in [3.05, 3.63) is 49.6 Å². The van der Waals surface area contributed by atoms with Crippen LogP contribution in [0.1, 0.15) is 65.7 Å². The number of benzene rings is 1. The van der Waals surface area contributed by atoms with E-state index in [0.717, 1.165) is 18.8 Å². The van der Waals surface area contributed by atoms with Crippen LogP contribution in [0.4, 0.5) is 11.4 Å². The van der Waals surface area contributed by atoms with Crippen LogP contribution < -0.4 is 15.1 Å². The molecule has 0 unspecified atom stereocenters. The molecule has 3 heterocycles. The number of carbonyl (C=O) groups is 4. The summed E-state index contributed by atoms with van der Waals surface area (Å²) in [6.07, 6.45) is 5.90. The Bertz CT molecular complexity index is 1280. The molecule has 0 aliphatic carbocycles. The molecule has 2 bridgehead atoms. The highest BCUT2D eigenvalue weighted by molar-refractivity contribution is 6.04. The van der Waals surface area contributed by atoms with Crippen LogP contribution in [0, 0.1) is 11.8 Å². The molecule has 3 aliphatic heterocycles. The lowest BCUT2D eigenvalue weighted by atomic mass is 9.70. The number of anilines is 2. The van der Waals surface area contributed by atoms with Crippen LogP contribution in [-0.4, -0.2) is 96.9 Å². The van der Waals surface area contributed by atoms with Crippen LogP contribution in [0.5, 0.6) is 0 Å². The van der Waals surface area contributed by atoms with Gasteiger partial charge in [0.1, 0.15) is 17.7 Å². The summed E-state index contributed by atoms with van der Waals surface area (Å²) in [6.45, 7) is 15.9. The number of amides is 3. The molecule has 0 radical (unpaired) electrons. The Labute approximate surface area is 278 Å². The Hall–Kier alpha value is -3.70. The van der Waals surface area contributed by atoms with Crippen LogP contribution in [0.15, 0.2) is 49.6 Å². The summed E-state index contributed by atoms with van der Waals surface area (Å²) < 4.78 is 12.4. The minimum Gasteiger partial charge on any atom is -0.460 e. The van der Waals surface area contributed by atoms with Gasteiger partial charge in [-0.25, -0.2) is 0 Å². The summed E-state index contributed by atoms with van der Waals surface area (Å²) in [4.78, 5) is 60.2. The lowest BCUT2D eigenvalue weighted by Gasteiger charge is -2.37. The summed E-state index contributed by atoms with van der Waals surface area (Å²) >= 11 is 0. The number of likely N-dealkylation sites (tertiary alicyclic amines) is 1. The Morgan fingerprint density at radius 1 is 1.13 bits per heavy atom. The maximum atomic E-state index is 14.7. The van der Waals surface area contributed by atoms with Gasteiger partial charge in [0.05, 0.1) is 24.5 Å². The molecule has 3 fully saturated rings. The number of fused-ring (bicyclic) bond motifs is 1. The number of nitrogens with one attached hydrogen (secondary N) is 1. The molecule has 6 atom stereocenters. The third-order valence-electron chi connectivity index (χ3n) is 9.71. The lowest BCUT2D eigenvalue weighted by Crippen LogP contribution is -2.56. The zero-order chi connectivity index (χ0) is 34.1. The molecule has 3 saturated heterocycles. The largest absolute Gasteiger partial charge is 0.460 e. The number of allylic oxidation sites excluding steroid dienone is 1. The SMILES string of the molecule is C=CCCC(=O)NC[C@H](C)OC(=O)[C@@H]1[C@H]2C(=O)N(CCCCCO)[C@H](C(=O)N(CC=C)c3ccc(N(CC)CC)cc3)[C@]23CC[C@H]1O3. The fraction of sp³-hybridized carbons (Fsp3) is 0.611. The van der Waals surface area contributed by atoms with Crippen molar-refractivity contribution in [2.24, 2.45) is 11.8 Å². The molecule has 3 amide bonds. The zero-order valence-corrected chi connectivity index (χ0v) is 28.2. The molecule has 11 nitrogen and oxygen atoms in total. The number of aliphatic hydroxyl groups excluding tert-OH is 1. The van der Waals surface area contributed by atoms with Gasteiger partial charge >= 0.3 is 5.97 Å². The summed E-state index contributed by atoms with van der Waals surface area (Å²) in [5.74, 6) is -2.97. The van der Waals surface area contributed by atoms with E-state index in [0.29, 0.717) is 57.2 Å². The van der Waals surface area contributed by atoms with Crippen LogP contribution in [0.3, 0.4) is 0 Å². The molecule has 3 aliphatic rings. The quantitative estimate of drug-likeness (QED) is 0.132. The number of nitrogens with zero attached hydrogens (tertiary/aromatic N) is 3. The molecule has 0 saturated carbocycles. The van der Waals surface area contributed by atoms with Gasteiger partial charge in [-0.1, -0.05) is 12.2 Å². The first-order chi connectivity index (χ1) is 22.7. The van der Waals surface area contributed by atoms with E-state index in [1.54, 1.807) is 28.9 Å². The fourth-order valence-corrected chi connectivity index (χ4v) is 7.44. The van der Waals surface area contributed by atoms with E-state index in [1.165, 1.54) is 0 Å². The van der Waals surface area contributed by atoms with Gasteiger partial charge in [0, 0.05) is 50.6 Å². The second-order valence-electron chi connectivity index (χ2n) is 12.7. The van der Waals surface area contributed by atoms with E-state index in [-0.39, 0.29) is 37.4 Å². The molecule has 0 aromatic heterocycles. The topological polar surface area (TPSA) is 129 Å². The fourth-order valence-electron chi connectivity index (χ4n) is 7.44. The van der Waals surface area contributed by atoms with E-state index >= 15 is 0 Å². The molecule has 4 rings (SSSR count). The maximum absolute atomic E-state index is 14.7. The van der Waals surface area contributed by atoms with Crippen molar-refractivity contribution in [2.45, 2.75) is 89.6 Å². The molecule has 258 valence electrons. The van der Waals surface area contributed by atoms with Gasteiger partial charge in [0.2, 0.25) is 11.8 Å². The van der Waals surface area contributed by atoms with Gasteiger partial charge in [-0.2, -0.15) is 0 Å². The van der Waals surface area contributed by atoms with Crippen molar-refractivity contribution >= 4 is 35.1 Å². The zero-order valence-electron chi connectivity index (χ0n) is 28.2. The number of esters is 1. The number of hydrogen-bond acceptors (Lipinski definition) is 8. The molecular weight excluding hydrogens is 600 g/mol. The van der Waals surface area contributed by atoms with E-state index in [4.69, 9.17) is 9.47 Å². The predicted molar refractivity (Wildman–Crippen MR) is 181 cm³/mol. The van der Waals surface area contributed by atoms with Gasteiger partial charge in [-0.3, -0.25) is 19.2 Å². The van der Waals surface area contributed by atoms with Crippen molar-refractivity contribution in [3.8, 4) is 0 Å². The number of carbonyl (C=O) groups excluding carboxylic acids is 4. The van der Waals surface area contributed by atoms with Crippen molar-refractivity contribution in [1.82, 2.24) is 10.2 Å². The van der Waals surface area contributed by atoms with Crippen LogP contribution >= 0.6 is 0 Å². The number of aliphatic hydroxyl groups is 1. The lowest BCUT2D eigenvalue weighted by molar-refractivity contribution is -0.159. The smallest absolute Gasteiger partial charge is 0.312 e. The highest BCUT2D eigenvalue weighted by atomic mass is 16.6. The third-order valence-corrected chi connectivity index (χ3v) is 9.71. The molecule has 1 aromatic carbocycles. The van der Waals surface area contributed by atoms with E-state index in [2.05, 4.69) is 37.2 Å². The minimum absolute atomic E-state index is 0.0467. The number of hydrogen-bond donors (Lipinski definition) is 2. The first-order valence-electron chi connectivity index (χ1n) is 17.1. The summed E-state index contributed by atoms with van der Waals surface area (Å²) in [6, 6.07) is 6.88. The van der Waals surface area contributed by atoms with Gasteiger partial charge in [0.15, 0.2) is 0 Å². The van der Waals surface area contributed by atoms with Crippen molar-refractivity contribution in [1.29, 1.82) is 0 Å². The molecular formula is C36H52N4O7. The molecule has 1 spiro atoms. The van der Waals surface area contributed by atoms with Crippen LogP contribution in [0.2, 0.25) is 0 Å². The first-order valence-corrected chi connectivity index (χ1v) is 17.1. The highest BCUT2D eigenvalue weighted by Crippen LogP contribution is 2.59. The maximum Gasteiger partial charge on any atom is 0.312 e.